The second kappa shape index (κ2) is 5.30. The third kappa shape index (κ3) is 1.91. The van der Waals surface area contributed by atoms with E-state index in [0.717, 1.165) is 0 Å². The van der Waals surface area contributed by atoms with E-state index < -0.39 is 18.8 Å². The van der Waals surface area contributed by atoms with E-state index >= 15 is 0 Å². The number of para-hydroxylation sites is 1. The molecule has 1 aliphatic rings. The maximum absolute atomic E-state index is 12.9. The average Bonchev–Trinajstić information content (AvgIpc) is 2.63. The molecule has 1 aliphatic heterocycles. The summed E-state index contributed by atoms with van der Waals surface area (Å²) in [4.78, 5) is 13.7. The zero-order valence-electron chi connectivity index (χ0n) is 11.7. The third-order valence-electron chi connectivity index (χ3n) is 3.24. The van der Waals surface area contributed by atoms with Crippen LogP contribution in [0.5, 0.6) is 0 Å². The molecule has 1 unspecified atom stereocenters. The molecule has 0 bridgehead atoms. The lowest BCUT2D eigenvalue weighted by Gasteiger charge is -2.29. The third-order valence-corrected chi connectivity index (χ3v) is 5.66. The van der Waals surface area contributed by atoms with Gasteiger partial charge in [0.2, 0.25) is 0 Å². The van der Waals surface area contributed by atoms with E-state index in [9.17, 15) is 14.5 Å². The van der Waals surface area contributed by atoms with Crippen LogP contribution in [0.4, 0.5) is 5.69 Å². The van der Waals surface area contributed by atoms with Crippen LogP contribution < -0.4 is 4.90 Å². The SMILES string of the molecule is CCOP(=O)(OCC)C1(O)C(=O)N(C)c2ccccc21. The zero-order chi connectivity index (χ0) is 15.0. The number of benzene rings is 1. The summed E-state index contributed by atoms with van der Waals surface area (Å²) >= 11 is 0. The number of hydrogen-bond donors (Lipinski definition) is 1. The molecule has 1 aromatic carbocycles. The van der Waals surface area contributed by atoms with Crippen LogP contribution in [0.3, 0.4) is 0 Å². The summed E-state index contributed by atoms with van der Waals surface area (Å²) in [6.07, 6.45) is 0. The number of amides is 1. The van der Waals surface area contributed by atoms with Gasteiger partial charge in [0.25, 0.3) is 11.2 Å². The fourth-order valence-corrected chi connectivity index (χ4v) is 4.34. The van der Waals surface area contributed by atoms with Crippen molar-refractivity contribution < 1.29 is 23.5 Å². The van der Waals surface area contributed by atoms with Crippen molar-refractivity contribution in [3.05, 3.63) is 29.8 Å². The molecule has 1 N–H and O–H groups in total. The van der Waals surface area contributed by atoms with Gasteiger partial charge in [-0.25, -0.2) is 0 Å². The van der Waals surface area contributed by atoms with Crippen molar-refractivity contribution in [2.75, 3.05) is 25.2 Å². The Hall–Kier alpha value is -1.20. The standard InChI is InChI=1S/C13H18NO5P/c1-4-18-20(17,19-5-2)13(16)10-8-6-7-9-11(10)14(3)12(13)15/h6-9,16H,4-5H2,1-3H3. The molecule has 1 heterocycles. The van der Waals surface area contributed by atoms with E-state index in [1.807, 2.05) is 0 Å². The number of carbonyl (C=O) groups excluding carboxylic acids is 1. The van der Waals surface area contributed by atoms with Gasteiger partial charge >= 0.3 is 7.60 Å². The molecule has 0 radical (unpaired) electrons. The van der Waals surface area contributed by atoms with Gasteiger partial charge in [-0.1, -0.05) is 18.2 Å². The Morgan fingerprint density at radius 1 is 1.25 bits per heavy atom. The second-order valence-corrected chi connectivity index (χ2v) is 6.55. The van der Waals surface area contributed by atoms with Crippen molar-refractivity contribution in [1.82, 2.24) is 0 Å². The fourth-order valence-electron chi connectivity index (χ4n) is 2.35. The van der Waals surface area contributed by atoms with Crippen molar-refractivity contribution in [1.29, 1.82) is 0 Å². The van der Waals surface area contributed by atoms with Crippen LogP contribution in [-0.4, -0.2) is 31.3 Å². The van der Waals surface area contributed by atoms with Crippen molar-refractivity contribution in [3.8, 4) is 0 Å². The number of fused-ring (bicyclic) bond motifs is 1. The van der Waals surface area contributed by atoms with E-state index in [2.05, 4.69) is 0 Å². The van der Waals surface area contributed by atoms with Gasteiger partial charge in [0.05, 0.1) is 18.9 Å². The average molecular weight is 299 g/mol. The first-order valence-electron chi connectivity index (χ1n) is 6.41. The summed E-state index contributed by atoms with van der Waals surface area (Å²) in [5.41, 5.74) is 0.748. The minimum Gasteiger partial charge on any atom is -0.366 e. The maximum atomic E-state index is 12.9. The molecule has 0 fully saturated rings. The maximum Gasteiger partial charge on any atom is 0.376 e. The fraction of sp³-hybridized carbons (Fsp3) is 0.462. The molecule has 110 valence electrons. The van der Waals surface area contributed by atoms with E-state index in [0.29, 0.717) is 5.69 Å². The Morgan fingerprint density at radius 3 is 2.35 bits per heavy atom. The predicted octanol–water partition coefficient (Wildman–Crippen LogP) is 2.07. The first kappa shape index (κ1) is 15.2. The predicted molar refractivity (Wildman–Crippen MR) is 74.6 cm³/mol. The molecule has 2 rings (SSSR count). The topological polar surface area (TPSA) is 76.1 Å². The van der Waals surface area contributed by atoms with Crippen molar-refractivity contribution in [2.24, 2.45) is 0 Å². The van der Waals surface area contributed by atoms with Crippen LogP contribution in [0.25, 0.3) is 0 Å². The number of carbonyl (C=O) groups is 1. The second-order valence-electron chi connectivity index (χ2n) is 4.39. The lowest BCUT2D eigenvalue weighted by atomic mass is 10.1. The number of likely N-dealkylation sites (N-methyl/N-ethyl adjacent to an activating group) is 1. The molecule has 0 saturated carbocycles. The van der Waals surface area contributed by atoms with Gasteiger partial charge in [-0.15, -0.1) is 0 Å². The highest BCUT2D eigenvalue weighted by molar-refractivity contribution is 7.56. The summed E-state index contributed by atoms with van der Waals surface area (Å²) in [5.74, 6) is -0.705. The van der Waals surface area contributed by atoms with Crippen molar-refractivity contribution >= 4 is 19.2 Å². The molecule has 7 heteroatoms. The first-order valence-corrected chi connectivity index (χ1v) is 7.96. The summed E-state index contributed by atoms with van der Waals surface area (Å²) in [6.45, 7) is 3.39. The highest BCUT2D eigenvalue weighted by Crippen LogP contribution is 2.67. The molecule has 20 heavy (non-hydrogen) atoms. The van der Waals surface area contributed by atoms with E-state index in [1.54, 1.807) is 38.1 Å². The number of nitrogens with zero attached hydrogens (tertiary/aromatic N) is 1. The molecule has 0 spiro atoms. The summed E-state index contributed by atoms with van der Waals surface area (Å²) < 4.78 is 23.3. The van der Waals surface area contributed by atoms with E-state index in [1.165, 1.54) is 11.9 Å². The minimum absolute atomic E-state index is 0.0682. The van der Waals surface area contributed by atoms with Gasteiger partial charge < -0.3 is 19.1 Å². The zero-order valence-corrected chi connectivity index (χ0v) is 12.6. The summed E-state index contributed by atoms with van der Waals surface area (Å²) in [7, 11) is -2.53. The van der Waals surface area contributed by atoms with E-state index in [4.69, 9.17) is 9.05 Å². The molecule has 0 aliphatic carbocycles. The Balaban J connectivity index is 2.64. The largest absolute Gasteiger partial charge is 0.376 e. The summed E-state index contributed by atoms with van der Waals surface area (Å²) in [6, 6.07) is 6.63. The van der Waals surface area contributed by atoms with Crippen molar-refractivity contribution in [3.63, 3.8) is 0 Å². The quantitative estimate of drug-likeness (QED) is 0.842. The Labute approximate surface area is 117 Å². The molecular weight excluding hydrogens is 281 g/mol. The number of aliphatic hydroxyl groups is 1. The lowest BCUT2D eigenvalue weighted by molar-refractivity contribution is -0.130. The lowest BCUT2D eigenvalue weighted by Crippen LogP contribution is -2.39. The van der Waals surface area contributed by atoms with Gasteiger partial charge in [-0.2, -0.15) is 0 Å². The minimum atomic E-state index is -4.04. The Kier molecular flexibility index (Phi) is 4.02. The van der Waals surface area contributed by atoms with Crippen LogP contribution in [-0.2, 0) is 23.7 Å². The smallest absolute Gasteiger partial charge is 0.366 e. The molecule has 6 nitrogen and oxygen atoms in total. The van der Waals surface area contributed by atoms with Crippen LogP contribution in [0, 0.1) is 0 Å². The normalized spacial score (nSPS) is 22.2. The van der Waals surface area contributed by atoms with Gasteiger partial charge in [0.1, 0.15) is 0 Å². The van der Waals surface area contributed by atoms with Gasteiger partial charge in [0.15, 0.2) is 0 Å². The molecule has 1 atom stereocenters. The van der Waals surface area contributed by atoms with Gasteiger partial charge in [-0.3, -0.25) is 9.36 Å². The van der Waals surface area contributed by atoms with E-state index in [-0.39, 0.29) is 18.8 Å². The molecule has 0 saturated heterocycles. The van der Waals surface area contributed by atoms with Gasteiger partial charge in [0, 0.05) is 12.6 Å². The van der Waals surface area contributed by atoms with Crippen LogP contribution in [0.15, 0.2) is 24.3 Å². The number of anilines is 1. The highest BCUT2D eigenvalue weighted by Gasteiger charge is 2.63. The Bertz CT molecular complexity index is 566. The molecule has 0 aromatic heterocycles. The Morgan fingerprint density at radius 2 is 1.80 bits per heavy atom. The molecule has 1 aromatic rings. The molecular formula is C13H18NO5P. The van der Waals surface area contributed by atoms with Crippen LogP contribution in [0.2, 0.25) is 0 Å². The number of rotatable bonds is 5. The first-order chi connectivity index (χ1) is 9.42. The highest BCUT2D eigenvalue weighted by atomic mass is 31.2. The van der Waals surface area contributed by atoms with Crippen molar-refractivity contribution in [2.45, 2.75) is 19.2 Å². The van der Waals surface area contributed by atoms with Crippen LogP contribution >= 0.6 is 7.60 Å². The monoisotopic (exact) mass is 299 g/mol. The summed E-state index contributed by atoms with van der Waals surface area (Å²) in [5, 5.41) is 8.57. The number of hydrogen-bond acceptors (Lipinski definition) is 5. The van der Waals surface area contributed by atoms with Gasteiger partial charge in [-0.05, 0) is 19.9 Å². The van der Waals surface area contributed by atoms with Crippen LogP contribution in [0.1, 0.15) is 19.4 Å². The molecule has 1 amide bonds.